The van der Waals surface area contributed by atoms with E-state index in [-0.39, 0.29) is 6.04 Å². The Morgan fingerprint density at radius 1 is 1.11 bits per heavy atom. The van der Waals surface area contributed by atoms with Crippen LogP contribution in [0.5, 0.6) is 0 Å². The summed E-state index contributed by atoms with van der Waals surface area (Å²) in [5.74, 6) is 6.36. The summed E-state index contributed by atoms with van der Waals surface area (Å²) in [6, 6.07) is 6.38. The summed E-state index contributed by atoms with van der Waals surface area (Å²) in [5.41, 5.74) is 7.66. The number of aryl methyl sites for hydroxylation is 3. The fraction of sp³-hybridized carbons (Fsp3) is 0.333. The van der Waals surface area contributed by atoms with Crippen molar-refractivity contribution >= 4 is 0 Å². The molecule has 100 valence electrons. The zero-order chi connectivity index (χ0) is 13.8. The highest BCUT2D eigenvalue weighted by Gasteiger charge is 2.13. The smallest absolute Gasteiger partial charge is 0.146 e. The number of hydrogen-bond donors (Lipinski definition) is 2. The van der Waals surface area contributed by atoms with Crippen LogP contribution < -0.4 is 11.3 Å². The normalized spacial score (nSPS) is 12.4. The number of hydrazine groups is 1. The molecule has 0 saturated heterocycles. The quantitative estimate of drug-likeness (QED) is 0.650. The Kier molecular flexibility index (Phi) is 4.24. The Labute approximate surface area is 114 Å². The molecule has 1 aromatic carbocycles. The lowest BCUT2D eigenvalue weighted by Crippen LogP contribution is -2.31. The van der Waals surface area contributed by atoms with Crippen LogP contribution in [0.2, 0.25) is 0 Å². The van der Waals surface area contributed by atoms with Gasteiger partial charge in [0.2, 0.25) is 0 Å². The lowest BCUT2D eigenvalue weighted by molar-refractivity contribution is 0.522. The third kappa shape index (κ3) is 3.36. The summed E-state index contributed by atoms with van der Waals surface area (Å²) in [4.78, 5) is 8.66. The van der Waals surface area contributed by atoms with Gasteiger partial charge in [-0.05, 0) is 49.4 Å². The van der Waals surface area contributed by atoms with Gasteiger partial charge < -0.3 is 0 Å². The van der Waals surface area contributed by atoms with Crippen LogP contribution in [0.3, 0.4) is 0 Å². The maximum atomic E-state index is 5.63. The van der Waals surface area contributed by atoms with Crippen LogP contribution in [-0.4, -0.2) is 9.97 Å². The molecule has 1 aromatic heterocycles. The maximum Gasteiger partial charge on any atom is 0.146 e. The van der Waals surface area contributed by atoms with Gasteiger partial charge in [-0.15, -0.1) is 0 Å². The third-order valence-electron chi connectivity index (χ3n) is 3.32. The zero-order valence-corrected chi connectivity index (χ0v) is 11.6. The van der Waals surface area contributed by atoms with Gasteiger partial charge in [0.25, 0.3) is 0 Å². The fourth-order valence-electron chi connectivity index (χ4n) is 1.97. The molecule has 0 bridgehead atoms. The van der Waals surface area contributed by atoms with Crippen LogP contribution in [0.15, 0.2) is 30.6 Å². The lowest BCUT2D eigenvalue weighted by Gasteiger charge is -2.15. The molecule has 2 rings (SSSR count). The van der Waals surface area contributed by atoms with E-state index in [4.69, 9.17) is 5.84 Å². The summed E-state index contributed by atoms with van der Waals surface area (Å²) in [6.07, 6.45) is 4.40. The van der Waals surface area contributed by atoms with Crippen molar-refractivity contribution in [2.45, 2.75) is 33.2 Å². The molecule has 4 nitrogen and oxygen atoms in total. The van der Waals surface area contributed by atoms with Gasteiger partial charge in [0, 0.05) is 12.4 Å². The number of rotatable bonds is 4. The first-order valence-electron chi connectivity index (χ1n) is 6.41. The van der Waals surface area contributed by atoms with Crippen molar-refractivity contribution in [3.8, 4) is 0 Å². The van der Waals surface area contributed by atoms with Gasteiger partial charge in [-0.1, -0.05) is 18.2 Å². The van der Waals surface area contributed by atoms with E-state index in [1.807, 2.05) is 19.3 Å². The molecule has 0 fully saturated rings. The molecule has 19 heavy (non-hydrogen) atoms. The van der Waals surface area contributed by atoms with Crippen molar-refractivity contribution in [3.05, 3.63) is 58.7 Å². The van der Waals surface area contributed by atoms with E-state index >= 15 is 0 Å². The highest BCUT2D eigenvalue weighted by Crippen LogP contribution is 2.17. The number of hydrogen-bond acceptors (Lipinski definition) is 4. The summed E-state index contributed by atoms with van der Waals surface area (Å²) in [7, 11) is 0. The van der Waals surface area contributed by atoms with Crippen LogP contribution in [0, 0.1) is 20.8 Å². The predicted molar refractivity (Wildman–Crippen MR) is 76.5 cm³/mol. The summed E-state index contributed by atoms with van der Waals surface area (Å²) in [6.45, 7) is 6.20. The molecule has 1 unspecified atom stereocenters. The molecule has 0 aliphatic heterocycles. The second-order valence-electron chi connectivity index (χ2n) is 4.96. The summed E-state index contributed by atoms with van der Waals surface area (Å²) < 4.78 is 0. The van der Waals surface area contributed by atoms with E-state index in [0.717, 1.165) is 17.8 Å². The third-order valence-corrected chi connectivity index (χ3v) is 3.32. The first-order valence-corrected chi connectivity index (χ1v) is 6.41. The largest absolute Gasteiger partial charge is 0.271 e. The van der Waals surface area contributed by atoms with E-state index in [2.05, 4.69) is 47.4 Å². The van der Waals surface area contributed by atoms with E-state index in [0.29, 0.717) is 0 Å². The van der Waals surface area contributed by atoms with Crippen LogP contribution >= 0.6 is 0 Å². The summed E-state index contributed by atoms with van der Waals surface area (Å²) >= 11 is 0. The minimum absolute atomic E-state index is 0.0669. The van der Waals surface area contributed by atoms with Gasteiger partial charge in [-0.2, -0.15) is 0 Å². The van der Waals surface area contributed by atoms with Gasteiger partial charge in [-0.25, -0.2) is 15.4 Å². The van der Waals surface area contributed by atoms with E-state index in [1.165, 1.54) is 16.7 Å². The Hall–Kier alpha value is -1.78. The highest BCUT2D eigenvalue weighted by molar-refractivity contribution is 5.30. The van der Waals surface area contributed by atoms with Gasteiger partial charge in [0.1, 0.15) is 5.82 Å². The van der Waals surface area contributed by atoms with Crippen LogP contribution in [0.1, 0.15) is 34.1 Å². The standard InChI is InChI=1S/C15H20N4/c1-10-8-17-15(18-9-10)14(19-16)7-13-5-4-11(2)12(3)6-13/h4-6,8-9,14,19H,7,16H2,1-3H3. The van der Waals surface area contributed by atoms with E-state index in [1.54, 1.807) is 0 Å². The molecule has 0 amide bonds. The van der Waals surface area contributed by atoms with Gasteiger partial charge >= 0.3 is 0 Å². The number of benzene rings is 1. The maximum absolute atomic E-state index is 5.63. The minimum Gasteiger partial charge on any atom is -0.271 e. The molecule has 0 aliphatic carbocycles. The predicted octanol–water partition coefficient (Wildman–Crippen LogP) is 2.15. The van der Waals surface area contributed by atoms with E-state index < -0.39 is 0 Å². The topological polar surface area (TPSA) is 63.8 Å². The van der Waals surface area contributed by atoms with Gasteiger partial charge in [0.05, 0.1) is 6.04 Å². The Balaban J connectivity index is 2.18. The monoisotopic (exact) mass is 256 g/mol. The molecule has 0 aliphatic rings. The Morgan fingerprint density at radius 2 is 1.79 bits per heavy atom. The molecule has 4 heteroatoms. The second kappa shape index (κ2) is 5.91. The van der Waals surface area contributed by atoms with Crippen LogP contribution in [0.4, 0.5) is 0 Å². The fourth-order valence-corrected chi connectivity index (χ4v) is 1.97. The van der Waals surface area contributed by atoms with Crippen molar-refractivity contribution in [2.75, 3.05) is 0 Å². The van der Waals surface area contributed by atoms with Crippen molar-refractivity contribution in [2.24, 2.45) is 5.84 Å². The van der Waals surface area contributed by atoms with Gasteiger partial charge in [-0.3, -0.25) is 5.84 Å². The van der Waals surface area contributed by atoms with Crippen molar-refractivity contribution in [3.63, 3.8) is 0 Å². The molecule has 1 atom stereocenters. The Morgan fingerprint density at radius 3 is 2.37 bits per heavy atom. The average molecular weight is 256 g/mol. The first-order chi connectivity index (χ1) is 9.10. The molecular formula is C15H20N4. The molecule has 2 aromatic rings. The number of nitrogens with zero attached hydrogens (tertiary/aromatic N) is 2. The van der Waals surface area contributed by atoms with Gasteiger partial charge in [0.15, 0.2) is 0 Å². The van der Waals surface area contributed by atoms with Crippen molar-refractivity contribution < 1.29 is 0 Å². The molecule has 0 saturated carbocycles. The van der Waals surface area contributed by atoms with Crippen molar-refractivity contribution in [1.82, 2.24) is 15.4 Å². The van der Waals surface area contributed by atoms with E-state index in [9.17, 15) is 0 Å². The minimum atomic E-state index is -0.0669. The molecule has 0 spiro atoms. The highest BCUT2D eigenvalue weighted by atomic mass is 15.2. The average Bonchev–Trinajstić information content (AvgIpc) is 2.41. The molecule has 0 radical (unpaired) electrons. The lowest BCUT2D eigenvalue weighted by atomic mass is 10.0. The summed E-state index contributed by atoms with van der Waals surface area (Å²) in [5, 5.41) is 0. The van der Waals surface area contributed by atoms with Crippen molar-refractivity contribution in [1.29, 1.82) is 0 Å². The molecule has 1 heterocycles. The number of nitrogens with one attached hydrogen (secondary N) is 1. The number of nitrogens with two attached hydrogens (primary N) is 1. The first kappa shape index (κ1) is 13.6. The van der Waals surface area contributed by atoms with Crippen LogP contribution in [0.25, 0.3) is 0 Å². The van der Waals surface area contributed by atoms with Crippen LogP contribution in [-0.2, 0) is 6.42 Å². The molecule has 3 N–H and O–H groups in total. The SMILES string of the molecule is Cc1cnc(C(Cc2ccc(C)c(C)c2)NN)nc1. The number of aromatic nitrogens is 2. The molecular weight excluding hydrogens is 236 g/mol. The Bertz CT molecular complexity index is 549. The second-order valence-corrected chi connectivity index (χ2v) is 4.96. The zero-order valence-electron chi connectivity index (χ0n) is 11.6.